The van der Waals surface area contributed by atoms with Gasteiger partial charge in [0, 0.05) is 18.6 Å². The van der Waals surface area contributed by atoms with Gasteiger partial charge in [0.05, 0.1) is 6.42 Å². The second kappa shape index (κ2) is 6.78. The molecule has 0 aliphatic carbocycles. The van der Waals surface area contributed by atoms with E-state index in [4.69, 9.17) is 5.11 Å². The van der Waals surface area contributed by atoms with Gasteiger partial charge < -0.3 is 15.3 Å². The van der Waals surface area contributed by atoms with Crippen molar-refractivity contribution in [2.24, 2.45) is 11.8 Å². The summed E-state index contributed by atoms with van der Waals surface area (Å²) in [7, 11) is 0. The van der Waals surface area contributed by atoms with Crippen LogP contribution in [0, 0.1) is 11.8 Å². The van der Waals surface area contributed by atoms with Gasteiger partial charge in [-0.3, -0.25) is 4.79 Å². The highest BCUT2D eigenvalue weighted by molar-refractivity contribution is 5.76. The molecule has 0 bridgehead atoms. The highest BCUT2D eigenvalue weighted by Gasteiger charge is 2.29. The van der Waals surface area contributed by atoms with Gasteiger partial charge in [-0.1, -0.05) is 20.8 Å². The number of carbonyl (C=O) groups is 2. The summed E-state index contributed by atoms with van der Waals surface area (Å²) in [5.74, 6) is -0.114. The molecule has 19 heavy (non-hydrogen) atoms. The van der Waals surface area contributed by atoms with Crippen LogP contribution >= 0.6 is 0 Å². The molecular weight excluding hydrogens is 244 g/mol. The van der Waals surface area contributed by atoms with Gasteiger partial charge in [-0.05, 0) is 31.6 Å². The van der Waals surface area contributed by atoms with E-state index in [1.54, 1.807) is 0 Å². The van der Waals surface area contributed by atoms with Crippen molar-refractivity contribution in [3.8, 4) is 0 Å². The van der Waals surface area contributed by atoms with Gasteiger partial charge in [0.25, 0.3) is 0 Å². The van der Waals surface area contributed by atoms with Crippen LogP contribution < -0.4 is 5.32 Å². The van der Waals surface area contributed by atoms with Crippen LogP contribution in [0.2, 0.25) is 0 Å². The minimum atomic E-state index is -0.876. The predicted molar refractivity (Wildman–Crippen MR) is 74.0 cm³/mol. The Labute approximate surface area is 115 Å². The van der Waals surface area contributed by atoms with E-state index < -0.39 is 5.97 Å². The van der Waals surface area contributed by atoms with E-state index in [-0.39, 0.29) is 30.5 Å². The zero-order valence-electron chi connectivity index (χ0n) is 12.3. The van der Waals surface area contributed by atoms with Crippen LogP contribution in [0.1, 0.15) is 47.0 Å². The summed E-state index contributed by atoms with van der Waals surface area (Å²) >= 11 is 0. The Morgan fingerprint density at radius 1 is 1.37 bits per heavy atom. The number of hydrogen-bond donors (Lipinski definition) is 2. The van der Waals surface area contributed by atoms with Crippen LogP contribution in [0.4, 0.5) is 4.79 Å². The van der Waals surface area contributed by atoms with E-state index in [2.05, 4.69) is 19.2 Å². The number of urea groups is 1. The van der Waals surface area contributed by atoms with Crippen LogP contribution in [0.25, 0.3) is 0 Å². The van der Waals surface area contributed by atoms with Crippen LogP contribution in [0.3, 0.4) is 0 Å². The molecule has 0 aromatic heterocycles. The molecule has 1 saturated heterocycles. The van der Waals surface area contributed by atoms with Gasteiger partial charge >= 0.3 is 12.0 Å². The maximum atomic E-state index is 12.2. The third-order valence-electron chi connectivity index (χ3n) is 3.91. The third-order valence-corrected chi connectivity index (χ3v) is 3.91. The third kappa shape index (κ3) is 4.73. The second-order valence-electron chi connectivity index (χ2n) is 6.07. The maximum absolute atomic E-state index is 12.2. The topological polar surface area (TPSA) is 69.6 Å². The van der Waals surface area contributed by atoms with Crippen LogP contribution in [-0.4, -0.2) is 40.6 Å². The summed E-state index contributed by atoms with van der Waals surface area (Å²) in [5.41, 5.74) is 0. The van der Waals surface area contributed by atoms with E-state index in [0.29, 0.717) is 5.92 Å². The van der Waals surface area contributed by atoms with E-state index in [0.717, 1.165) is 19.4 Å². The van der Waals surface area contributed by atoms with Gasteiger partial charge in [0.1, 0.15) is 0 Å². The summed E-state index contributed by atoms with van der Waals surface area (Å²) < 4.78 is 0. The molecule has 0 saturated carbocycles. The number of carbonyl (C=O) groups excluding carboxylic acids is 1. The summed E-state index contributed by atoms with van der Waals surface area (Å²) in [6.45, 7) is 8.86. The molecule has 0 radical (unpaired) electrons. The molecule has 5 nitrogen and oxygen atoms in total. The highest BCUT2D eigenvalue weighted by atomic mass is 16.4. The van der Waals surface area contributed by atoms with Crippen LogP contribution in [0.5, 0.6) is 0 Å². The molecule has 0 spiro atoms. The molecular formula is C14H26N2O3. The molecule has 0 aromatic rings. The number of carboxylic acids is 1. The van der Waals surface area contributed by atoms with Gasteiger partial charge in [0.15, 0.2) is 0 Å². The normalized spacial score (nSPS) is 25.2. The summed E-state index contributed by atoms with van der Waals surface area (Å²) in [4.78, 5) is 24.9. The summed E-state index contributed by atoms with van der Waals surface area (Å²) in [6, 6.07) is -0.211. The minimum absolute atomic E-state index is 0.0258. The van der Waals surface area contributed by atoms with E-state index in [1.165, 1.54) is 0 Å². The lowest BCUT2D eigenvalue weighted by Gasteiger charge is -2.37. The maximum Gasteiger partial charge on any atom is 0.317 e. The second-order valence-corrected chi connectivity index (χ2v) is 6.07. The molecule has 2 N–H and O–H groups in total. The van der Waals surface area contributed by atoms with E-state index >= 15 is 0 Å². The molecule has 1 fully saturated rings. The first-order valence-electron chi connectivity index (χ1n) is 7.10. The zero-order valence-corrected chi connectivity index (χ0v) is 12.3. The van der Waals surface area contributed by atoms with Crippen molar-refractivity contribution in [3.63, 3.8) is 0 Å². The molecule has 3 unspecified atom stereocenters. The number of likely N-dealkylation sites (tertiary alicyclic amines) is 1. The van der Waals surface area contributed by atoms with Gasteiger partial charge in [0.2, 0.25) is 0 Å². The minimum Gasteiger partial charge on any atom is -0.481 e. The molecule has 3 atom stereocenters. The Kier molecular flexibility index (Phi) is 5.63. The number of aliphatic carboxylic acids is 1. The summed E-state index contributed by atoms with van der Waals surface area (Å²) in [5, 5.41) is 11.7. The smallest absolute Gasteiger partial charge is 0.317 e. The first-order valence-corrected chi connectivity index (χ1v) is 7.10. The van der Waals surface area contributed by atoms with Crippen LogP contribution in [0.15, 0.2) is 0 Å². The molecule has 2 amide bonds. The standard InChI is InChI=1S/C14H26N2O3/c1-9(2)12(8-13(17)18)15-14(19)16-6-5-10(3)7-11(16)4/h9-12H,5-8H2,1-4H3,(H,15,19)(H,17,18). The van der Waals surface area contributed by atoms with E-state index in [1.807, 2.05) is 18.7 Å². The highest BCUT2D eigenvalue weighted by Crippen LogP contribution is 2.22. The number of amides is 2. The molecule has 0 aromatic carbocycles. The first-order chi connectivity index (χ1) is 8.81. The SMILES string of the molecule is CC1CCN(C(=O)NC(CC(=O)O)C(C)C)C(C)C1. The number of nitrogens with zero attached hydrogens (tertiary/aromatic N) is 1. The molecule has 1 aliphatic rings. The average Bonchev–Trinajstić information content (AvgIpc) is 2.26. The quantitative estimate of drug-likeness (QED) is 0.823. The Balaban J connectivity index is 2.58. The van der Waals surface area contributed by atoms with Gasteiger partial charge in [-0.15, -0.1) is 0 Å². The van der Waals surface area contributed by atoms with Crippen LogP contribution in [-0.2, 0) is 4.79 Å². The lowest BCUT2D eigenvalue weighted by molar-refractivity contribution is -0.137. The fraction of sp³-hybridized carbons (Fsp3) is 0.857. The van der Waals surface area contributed by atoms with Crippen molar-refractivity contribution in [2.75, 3.05) is 6.54 Å². The number of carboxylic acid groups (broad SMARTS) is 1. The Morgan fingerprint density at radius 2 is 2.00 bits per heavy atom. The zero-order chi connectivity index (χ0) is 14.6. The predicted octanol–water partition coefficient (Wildman–Crippen LogP) is 2.32. The van der Waals surface area contributed by atoms with Crippen molar-refractivity contribution in [3.05, 3.63) is 0 Å². The van der Waals surface area contributed by atoms with Gasteiger partial charge in [-0.2, -0.15) is 0 Å². The van der Waals surface area contributed by atoms with Crippen molar-refractivity contribution in [1.29, 1.82) is 0 Å². The largest absolute Gasteiger partial charge is 0.481 e. The fourth-order valence-electron chi connectivity index (χ4n) is 2.59. The first kappa shape index (κ1) is 15.8. The molecule has 1 rings (SSSR count). The Morgan fingerprint density at radius 3 is 2.47 bits per heavy atom. The van der Waals surface area contributed by atoms with Crippen molar-refractivity contribution in [2.45, 2.75) is 59.0 Å². The van der Waals surface area contributed by atoms with Gasteiger partial charge in [-0.25, -0.2) is 4.79 Å². The lowest BCUT2D eigenvalue weighted by Crippen LogP contribution is -2.52. The monoisotopic (exact) mass is 270 g/mol. The molecule has 110 valence electrons. The molecule has 1 heterocycles. The summed E-state index contributed by atoms with van der Waals surface area (Å²) in [6.07, 6.45) is 2.00. The van der Waals surface area contributed by atoms with E-state index in [9.17, 15) is 9.59 Å². The molecule has 1 aliphatic heterocycles. The lowest BCUT2D eigenvalue weighted by atomic mass is 9.93. The van der Waals surface area contributed by atoms with Crippen molar-refractivity contribution in [1.82, 2.24) is 10.2 Å². The Hall–Kier alpha value is -1.26. The molecule has 5 heteroatoms. The number of nitrogens with one attached hydrogen (secondary N) is 1. The average molecular weight is 270 g/mol. The number of piperidine rings is 1. The number of hydrogen-bond acceptors (Lipinski definition) is 2. The Bertz CT molecular complexity index is 331. The van der Waals surface area contributed by atoms with Crippen molar-refractivity contribution >= 4 is 12.0 Å². The fourth-order valence-corrected chi connectivity index (χ4v) is 2.59. The number of rotatable bonds is 4. The van der Waals surface area contributed by atoms with Crippen molar-refractivity contribution < 1.29 is 14.7 Å².